The maximum absolute atomic E-state index is 10.9. The highest BCUT2D eigenvalue weighted by Gasteiger charge is 2.25. The zero-order valence-corrected chi connectivity index (χ0v) is 7.25. The van der Waals surface area contributed by atoms with E-state index in [4.69, 9.17) is 5.39 Å². The van der Waals surface area contributed by atoms with Gasteiger partial charge in [0.2, 0.25) is 5.39 Å². The lowest BCUT2D eigenvalue weighted by Gasteiger charge is -1.89. The molecule has 12 heavy (non-hydrogen) atoms. The van der Waals surface area contributed by atoms with Crippen molar-refractivity contribution in [3.05, 3.63) is 34.2 Å². The van der Waals surface area contributed by atoms with Crippen molar-refractivity contribution < 1.29 is 8.42 Å². The molecule has 0 radical (unpaired) electrons. The van der Waals surface area contributed by atoms with Crippen molar-refractivity contribution in [3.63, 3.8) is 0 Å². The Bertz CT molecular complexity index is 414. The van der Waals surface area contributed by atoms with Crippen molar-refractivity contribution in [2.45, 2.75) is 11.8 Å². The van der Waals surface area contributed by atoms with E-state index in [1.807, 2.05) is 6.92 Å². The van der Waals surface area contributed by atoms with Crippen LogP contribution in [-0.4, -0.2) is 8.42 Å². The van der Waals surface area contributed by atoms with E-state index in [1.165, 1.54) is 12.1 Å². The lowest BCUT2D eigenvalue weighted by molar-refractivity contribution is 0.603. The molecule has 0 aliphatic rings. The van der Waals surface area contributed by atoms with E-state index in [0.29, 0.717) is 0 Å². The second-order valence-electron chi connectivity index (χ2n) is 2.37. The van der Waals surface area contributed by atoms with Crippen molar-refractivity contribution in [1.82, 2.24) is 0 Å². The largest absolute Gasteiger partial charge is 0.552 e. The SMILES string of the molecule is Cc1ccc(S(=O)(=O)[N+]#N)cc1. The quantitative estimate of drug-likeness (QED) is 0.620. The van der Waals surface area contributed by atoms with Gasteiger partial charge in [0.05, 0.1) is 0 Å². The van der Waals surface area contributed by atoms with E-state index in [0.717, 1.165) is 5.56 Å². The number of hydrogen-bond donors (Lipinski definition) is 0. The van der Waals surface area contributed by atoms with Gasteiger partial charge in [-0.3, -0.25) is 0 Å². The molecule has 0 spiro atoms. The summed E-state index contributed by atoms with van der Waals surface area (Å²) in [6.07, 6.45) is 0. The van der Waals surface area contributed by atoms with Gasteiger partial charge in [0.15, 0.2) is 4.90 Å². The van der Waals surface area contributed by atoms with Gasteiger partial charge in [-0.1, -0.05) is 17.7 Å². The summed E-state index contributed by atoms with van der Waals surface area (Å²) in [5, 5.41) is 8.15. The average Bonchev–Trinajstić information content (AvgIpc) is 2.05. The van der Waals surface area contributed by atoms with E-state index in [-0.39, 0.29) is 4.90 Å². The van der Waals surface area contributed by atoms with Crippen LogP contribution in [0.15, 0.2) is 29.2 Å². The molecule has 62 valence electrons. The monoisotopic (exact) mass is 183 g/mol. The molecule has 0 aliphatic carbocycles. The van der Waals surface area contributed by atoms with Crippen LogP contribution in [0.4, 0.5) is 0 Å². The predicted octanol–water partition coefficient (Wildman–Crippen LogP) is 1.54. The molecule has 0 unspecified atom stereocenters. The maximum Gasteiger partial charge on any atom is 0.552 e. The Balaban J connectivity index is 3.26. The molecule has 0 atom stereocenters. The summed E-state index contributed by atoms with van der Waals surface area (Å²) in [5.74, 6) is 0. The van der Waals surface area contributed by atoms with Crippen molar-refractivity contribution in [2.24, 2.45) is 0 Å². The van der Waals surface area contributed by atoms with Gasteiger partial charge in [-0.15, -0.1) is 8.42 Å². The molecular formula is C7H7N2O2S+. The fourth-order valence-corrected chi connectivity index (χ4v) is 1.33. The highest BCUT2D eigenvalue weighted by atomic mass is 32.2. The van der Waals surface area contributed by atoms with Crippen LogP contribution in [-0.2, 0) is 10.0 Å². The average molecular weight is 183 g/mol. The summed E-state index contributed by atoms with van der Waals surface area (Å²) >= 11 is 0. The zero-order chi connectivity index (χ0) is 9.19. The molecule has 1 rings (SSSR count). The number of sulfonamides is 1. The predicted molar refractivity (Wildman–Crippen MR) is 43.4 cm³/mol. The molecule has 0 aromatic heterocycles. The molecule has 5 heteroatoms. The normalized spacial score (nSPS) is 10.7. The fraction of sp³-hybridized carbons (Fsp3) is 0.143. The smallest absolute Gasteiger partial charge is 0.141 e. The standard InChI is InChI=1S/C7H7N2O2S/c1-6-2-4-7(5-3-6)12(10,11)9-8/h2-5H,1H3/q+1. The van der Waals surface area contributed by atoms with Gasteiger partial charge in [-0.2, -0.15) is 0 Å². The summed E-state index contributed by atoms with van der Waals surface area (Å²) in [6, 6.07) is 6.06. The molecule has 1 aromatic rings. The third-order valence-electron chi connectivity index (χ3n) is 1.43. The molecule has 1 aromatic carbocycles. The molecule has 0 saturated carbocycles. The Labute approximate surface area is 70.5 Å². The lowest BCUT2D eigenvalue weighted by atomic mass is 10.2. The van der Waals surface area contributed by atoms with Gasteiger partial charge in [0, 0.05) is 0 Å². The molecular weight excluding hydrogens is 176 g/mol. The molecule has 0 aliphatic heterocycles. The summed E-state index contributed by atoms with van der Waals surface area (Å²) in [6.45, 7) is 1.84. The van der Waals surface area contributed by atoms with Gasteiger partial charge < -0.3 is 0 Å². The number of aryl methyl sites for hydroxylation is 1. The molecule has 0 N–H and O–H groups in total. The zero-order valence-electron chi connectivity index (χ0n) is 6.43. The van der Waals surface area contributed by atoms with Crippen LogP contribution in [0.1, 0.15) is 5.56 Å². The highest BCUT2D eigenvalue weighted by Crippen LogP contribution is 2.12. The number of diazo groups is 1. The summed E-state index contributed by atoms with van der Waals surface area (Å²) in [5.41, 5.74) is 0.951. The first-order chi connectivity index (χ1) is 5.56. The minimum atomic E-state index is -3.83. The molecule has 0 fully saturated rings. The molecule has 0 bridgehead atoms. The fourth-order valence-electron chi connectivity index (χ4n) is 0.757. The van der Waals surface area contributed by atoms with Crippen molar-refractivity contribution in [1.29, 1.82) is 5.39 Å². The summed E-state index contributed by atoms with van der Waals surface area (Å²) < 4.78 is 24.1. The Kier molecular flexibility index (Phi) is 2.11. The third-order valence-corrected chi connectivity index (χ3v) is 2.51. The van der Waals surface area contributed by atoms with E-state index >= 15 is 0 Å². The Morgan fingerprint density at radius 2 is 1.75 bits per heavy atom. The first-order valence-electron chi connectivity index (χ1n) is 3.24. The second-order valence-corrected chi connectivity index (χ2v) is 3.95. The van der Waals surface area contributed by atoms with Crippen LogP contribution in [0.25, 0.3) is 4.38 Å². The van der Waals surface area contributed by atoms with Crippen LogP contribution in [0, 0.1) is 12.3 Å². The van der Waals surface area contributed by atoms with E-state index in [1.54, 1.807) is 12.1 Å². The minimum Gasteiger partial charge on any atom is -0.141 e. The molecule has 4 nitrogen and oxygen atoms in total. The van der Waals surface area contributed by atoms with Gasteiger partial charge in [0.25, 0.3) is 4.38 Å². The minimum absolute atomic E-state index is 0.00407. The van der Waals surface area contributed by atoms with Crippen LogP contribution < -0.4 is 0 Å². The first kappa shape index (κ1) is 8.68. The summed E-state index contributed by atoms with van der Waals surface area (Å²) in [7, 11) is -3.83. The van der Waals surface area contributed by atoms with Crippen LogP contribution in [0.5, 0.6) is 0 Å². The molecule has 0 heterocycles. The summed E-state index contributed by atoms with van der Waals surface area (Å²) in [4.78, 5) is -0.00407. The van der Waals surface area contributed by atoms with Crippen LogP contribution in [0.2, 0.25) is 0 Å². The first-order valence-corrected chi connectivity index (χ1v) is 4.68. The topological polar surface area (TPSA) is 62.3 Å². The lowest BCUT2D eigenvalue weighted by Crippen LogP contribution is -1.92. The Hall–Kier alpha value is -1.41. The van der Waals surface area contributed by atoms with Gasteiger partial charge in [0.1, 0.15) is 0 Å². The number of nitrogens with zero attached hydrogens (tertiary/aromatic N) is 2. The highest BCUT2D eigenvalue weighted by molar-refractivity contribution is 7.93. The van der Waals surface area contributed by atoms with Crippen LogP contribution in [0.3, 0.4) is 0 Å². The Morgan fingerprint density at radius 1 is 1.25 bits per heavy atom. The van der Waals surface area contributed by atoms with Crippen molar-refractivity contribution >= 4 is 10.0 Å². The Morgan fingerprint density at radius 3 is 2.17 bits per heavy atom. The molecule has 0 saturated heterocycles. The maximum atomic E-state index is 10.9. The van der Waals surface area contributed by atoms with E-state index in [9.17, 15) is 8.42 Å². The van der Waals surface area contributed by atoms with Gasteiger partial charge in [-0.05, 0) is 19.1 Å². The van der Waals surface area contributed by atoms with Gasteiger partial charge >= 0.3 is 10.0 Å². The number of hydrogen-bond acceptors (Lipinski definition) is 3. The van der Waals surface area contributed by atoms with Crippen molar-refractivity contribution in [2.75, 3.05) is 0 Å². The van der Waals surface area contributed by atoms with Crippen LogP contribution >= 0.6 is 0 Å². The number of rotatable bonds is 1. The van der Waals surface area contributed by atoms with E-state index in [2.05, 4.69) is 4.38 Å². The molecule has 0 amide bonds. The van der Waals surface area contributed by atoms with Crippen molar-refractivity contribution in [3.8, 4) is 0 Å². The number of benzene rings is 1. The van der Waals surface area contributed by atoms with E-state index < -0.39 is 10.0 Å². The second kappa shape index (κ2) is 2.91. The van der Waals surface area contributed by atoms with Gasteiger partial charge in [-0.25, -0.2) is 0 Å². The third kappa shape index (κ3) is 1.60.